The van der Waals surface area contributed by atoms with Crippen molar-refractivity contribution in [1.29, 1.82) is 0 Å². The minimum atomic E-state index is -0.00962. The van der Waals surface area contributed by atoms with E-state index in [0.717, 1.165) is 31.7 Å². The first-order chi connectivity index (χ1) is 9.09. The zero-order chi connectivity index (χ0) is 13.8. The molecule has 4 heteroatoms. The van der Waals surface area contributed by atoms with E-state index in [4.69, 9.17) is 0 Å². The fourth-order valence-electron chi connectivity index (χ4n) is 2.70. The van der Waals surface area contributed by atoms with Gasteiger partial charge in [0.05, 0.1) is 5.92 Å². The molecule has 1 aromatic carbocycles. The van der Waals surface area contributed by atoms with Crippen molar-refractivity contribution in [2.24, 2.45) is 5.92 Å². The molecule has 0 aromatic heterocycles. The first-order valence-electron chi connectivity index (χ1n) is 7.12. The lowest BCUT2D eigenvalue weighted by Crippen LogP contribution is -2.49. The molecule has 0 spiro atoms. The lowest BCUT2D eigenvalue weighted by Gasteiger charge is -2.35. The van der Waals surface area contributed by atoms with Gasteiger partial charge in [-0.1, -0.05) is 44.2 Å². The molecular weight excluding hydrogens is 272 g/mol. The van der Waals surface area contributed by atoms with Crippen molar-refractivity contribution in [1.82, 2.24) is 9.80 Å². The lowest BCUT2D eigenvalue weighted by atomic mass is 9.87. The third-order valence-electron chi connectivity index (χ3n) is 3.91. The number of rotatable bonds is 3. The number of hydrogen-bond donors (Lipinski definition) is 0. The SMILES string of the molecule is CC(C)C(C(=O)N1CCN(C)CC1)c1ccccc1.Cl. The van der Waals surface area contributed by atoms with Gasteiger partial charge in [0.2, 0.25) is 5.91 Å². The Morgan fingerprint density at radius 2 is 1.60 bits per heavy atom. The number of carbonyl (C=O) groups excluding carboxylic acids is 1. The summed E-state index contributed by atoms with van der Waals surface area (Å²) in [6.07, 6.45) is 0. The monoisotopic (exact) mass is 296 g/mol. The molecular formula is C16H25ClN2O. The predicted octanol–water partition coefficient (Wildman–Crippen LogP) is 2.62. The van der Waals surface area contributed by atoms with Gasteiger partial charge in [0.25, 0.3) is 0 Å². The molecule has 1 aliphatic rings. The number of likely N-dealkylation sites (N-methyl/N-ethyl adjacent to an activating group) is 1. The van der Waals surface area contributed by atoms with Crippen molar-refractivity contribution in [3.8, 4) is 0 Å². The molecule has 1 atom stereocenters. The first kappa shape index (κ1) is 17.0. The van der Waals surface area contributed by atoms with Gasteiger partial charge in [0.15, 0.2) is 0 Å². The number of benzene rings is 1. The maximum atomic E-state index is 12.8. The highest BCUT2D eigenvalue weighted by atomic mass is 35.5. The summed E-state index contributed by atoms with van der Waals surface area (Å²) < 4.78 is 0. The summed E-state index contributed by atoms with van der Waals surface area (Å²) >= 11 is 0. The second-order valence-electron chi connectivity index (χ2n) is 5.76. The predicted molar refractivity (Wildman–Crippen MR) is 85.3 cm³/mol. The maximum absolute atomic E-state index is 12.8. The van der Waals surface area contributed by atoms with Crippen LogP contribution >= 0.6 is 12.4 Å². The second kappa shape index (κ2) is 7.65. The third-order valence-corrected chi connectivity index (χ3v) is 3.91. The Kier molecular flexibility index (Phi) is 6.50. The van der Waals surface area contributed by atoms with Crippen LogP contribution in [-0.2, 0) is 4.79 Å². The summed E-state index contributed by atoms with van der Waals surface area (Å²) in [7, 11) is 2.11. The Balaban J connectivity index is 0.00000200. The Morgan fingerprint density at radius 1 is 1.05 bits per heavy atom. The van der Waals surface area contributed by atoms with Crippen LogP contribution in [0.25, 0.3) is 0 Å². The summed E-state index contributed by atoms with van der Waals surface area (Å²) in [6, 6.07) is 10.2. The van der Waals surface area contributed by atoms with Crippen molar-refractivity contribution >= 4 is 18.3 Å². The van der Waals surface area contributed by atoms with E-state index < -0.39 is 0 Å². The van der Waals surface area contributed by atoms with E-state index >= 15 is 0 Å². The van der Waals surface area contributed by atoms with E-state index in [2.05, 4.69) is 37.9 Å². The molecule has 1 saturated heterocycles. The molecule has 0 radical (unpaired) electrons. The Labute approximate surface area is 128 Å². The van der Waals surface area contributed by atoms with Gasteiger partial charge in [0, 0.05) is 26.2 Å². The zero-order valence-electron chi connectivity index (χ0n) is 12.6. The molecule has 112 valence electrons. The van der Waals surface area contributed by atoms with Crippen molar-refractivity contribution < 1.29 is 4.79 Å². The third kappa shape index (κ3) is 3.97. The number of carbonyl (C=O) groups is 1. The van der Waals surface area contributed by atoms with Gasteiger partial charge < -0.3 is 9.80 Å². The molecule has 3 nitrogen and oxygen atoms in total. The van der Waals surface area contributed by atoms with Crippen LogP contribution in [0.4, 0.5) is 0 Å². The summed E-state index contributed by atoms with van der Waals surface area (Å²) in [5, 5.41) is 0. The van der Waals surface area contributed by atoms with Crippen molar-refractivity contribution in [2.45, 2.75) is 19.8 Å². The number of amides is 1. The van der Waals surface area contributed by atoms with Crippen LogP contribution in [0.2, 0.25) is 0 Å². The van der Waals surface area contributed by atoms with Crippen molar-refractivity contribution in [3.05, 3.63) is 35.9 Å². The Hall–Kier alpha value is -1.06. The number of hydrogen-bond acceptors (Lipinski definition) is 2. The van der Waals surface area contributed by atoms with E-state index in [1.165, 1.54) is 0 Å². The molecule has 0 saturated carbocycles. The van der Waals surface area contributed by atoms with Gasteiger partial charge in [-0.2, -0.15) is 0 Å². The van der Waals surface area contributed by atoms with E-state index in [-0.39, 0.29) is 24.2 Å². The normalized spacial score (nSPS) is 17.7. The van der Waals surface area contributed by atoms with E-state index in [1.54, 1.807) is 0 Å². The maximum Gasteiger partial charge on any atom is 0.230 e. The molecule has 2 rings (SSSR count). The summed E-state index contributed by atoms with van der Waals surface area (Å²) in [5.74, 6) is 0.605. The van der Waals surface area contributed by atoms with Crippen LogP contribution < -0.4 is 0 Å². The van der Waals surface area contributed by atoms with Gasteiger partial charge in [-0.25, -0.2) is 0 Å². The molecule has 1 aliphatic heterocycles. The highest BCUT2D eigenvalue weighted by molar-refractivity contribution is 5.85. The molecule has 1 fully saturated rings. The lowest BCUT2D eigenvalue weighted by molar-refractivity contribution is -0.135. The summed E-state index contributed by atoms with van der Waals surface area (Å²) in [5.41, 5.74) is 1.14. The molecule has 1 amide bonds. The fourth-order valence-corrected chi connectivity index (χ4v) is 2.70. The number of halogens is 1. The van der Waals surface area contributed by atoms with Crippen LogP contribution in [0.3, 0.4) is 0 Å². The Bertz CT molecular complexity index is 414. The van der Waals surface area contributed by atoms with Crippen LogP contribution in [0.15, 0.2) is 30.3 Å². The van der Waals surface area contributed by atoms with Gasteiger partial charge in [0.1, 0.15) is 0 Å². The first-order valence-corrected chi connectivity index (χ1v) is 7.12. The van der Waals surface area contributed by atoms with Crippen LogP contribution in [0.5, 0.6) is 0 Å². The standard InChI is InChI=1S/C16H24N2O.ClH/c1-13(2)15(14-7-5-4-6-8-14)16(19)18-11-9-17(3)10-12-18;/h4-8,13,15H,9-12H2,1-3H3;1H. The largest absolute Gasteiger partial charge is 0.340 e. The summed E-state index contributed by atoms with van der Waals surface area (Å²) in [4.78, 5) is 17.1. The van der Waals surface area contributed by atoms with Gasteiger partial charge in [-0.05, 0) is 18.5 Å². The van der Waals surface area contributed by atoms with Gasteiger partial charge in [-0.15, -0.1) is 12.4 Å². The topological polar surface area (TPSA) is 23.6 Å². The highest BCUT2D eigenvalue weighted by Gasteiger charge is 2.29. The van der Waals surface area contributed by atoms with Crippen LogP contribution in [0, 0.1) is 5.92 Å². The molecule has 1 unspecified atom stereocenters. The fraction of sp³-hybridized carbons (Fsp3) is 0.562. The smallest absolute Gasteiger partial charge is 0.230 e. The molecule has 0 N–H and O–H groups in total. The zero-order valence-corrected chi connectivity index (χ0v) is 13.4. The van der Waals surface area contributed by atoms with Gasteiger partial charge >= 0.3 is 0 Å². The average molecular weight is 297 g/mol. The Morgan fingerprint density at radius 3 is 2.10 bits per heavy atom. The summed E-state index contributed by atoms with van der Waals surface area (Å²) in [6.45, 7) is 7.92. The minimum absolute atomic E-state index is 0. The minimum Gasteiger partial charge on any atom is -0.340 e. The highest BCUT2D eigenvalue weighted by Crippen LogP contribution is 2.27. The van der Waals surface area contributed by atoms with E-state index in [9.17, 15) is 4.79 Å². The van der Waals surface area contributed by atoms with Crippen LogP contribution in [-0.4, -0.2) is 48.9 Å². The van der Waals surface area contributed by atoms with E-state index in [1.807, 2.05) is 23.1 Å². The molecule has 1 heterocycles. The average Bonchev–Trinajstić information content (AvgIpc) is 2.40. The number of nitrogens with zero attached hydrogens (tertiary/aromatic N) is 2. The van der Waals surface area contributed by atoms with E-state index in [0.29, 0.717) is 5.92 Å². The molecule has 20 heavy (non-hydrogen) atoms. The molecule has 1 aromatic rings. The second-order valence-corrected chi connectivity index (χ2v) is 5.76. The van der Waals surface area contributed by atoms with Crippen LogP contribution in [0.1, 0.15) is 25.3 Å². The quantitative estimate of drug-likeness (QED) is 0.856. The molecule has 0 bridgehead atoms. The molecule has 0 aliphatic carbocycles. The van der Waals surface area contributed by atoms with Crippen molar-refractivity contribution in [3.63, 3.8) is 0 Å². The van der Waals surface area contributed by atoms with Gasteiger partial charge in [-0.3, -0.25) is 4.79 Å². The van der Waals surface area contributed by atoms with Crippen molar-refractivity contribution in [2.75, 3.05) is 33.2 Å². The number of piperazine rings is 1.